The molecule has 1 aromatic carbocycles. The number of carbonyl (C=O) groups is 2. The number of urea groups is 1. The number of hydrogen-bond acceptors (Lipinski definition) is 4. The summed E-state index contributed by atoms with van der Waals surface area (Å²) in [6.07, 6.45) is 1.40. The maximum atomic E-state index is 14.0. The molecule has 2 atom stereocenters. The van der Waals surface area contributed by atoms with Crippen molar-refractivity contribution in [2.24, 2.45) is 0 Å². The molecular formula is C19H25FN6O2. The van der Waals surface area contributed by atoms with Crippen molar-refractivity contribution in [3.63, 3.8) is 0 Å². The van der Waals surface area contributed by atoms with Crippen LogP contribution in [0.1, 0.15) is 22.5 Å². The van der Waals surface area contributed by atoms with Crippen molar-refractivity contribution in [2.75, 3.05) is 27.2 Å². The molecule has 3 amide bonds. The number of amides is 3. The third-order valence-electron chi connectivity index (χ3n) is 4.72. The first kappa shape index (κ1) is 19.8. The number of likely N-dealkylation sites (tertiary alicyclic amines) is 1. The molecule has 150 valence electrons. The van der Waals surface area contributed by atoms with Gasteiger partial charge in [0.05, 0.1) is 25.3 Å². The van der Waals surface area contributed by atoms with E-state index in [1.807, 2.05) is 30.3 Å². The van der Waals surface area contributed by atoms with Crippen LogP contribution in [0.5, 0.6) is 0 Å². The number of alkyl halides is 1. The molecule has 9 heteroatoms. The van der Waals surface area contributed by atoms with Crippen LogP contribution in [0.15, 0.2) is 36.5 Å². The van der Waals surface area contributed by atoms with E-state index in [-0.39, 0.29) is 36.6 Å². The van der Waals surface area contributed by atoms with E-state index in [0.29, 0.717) is 19.5 Å². The number of hydrogen-bond donors (Lipinski definition) is 1. The number of aromatic nitrogens is 3. The van der Waals surface area contributed by atoms with Gasteiger partial charge >= 0.3 is 6.03 Å². The fourth-order valence-corrected chi connectivity index (χ4v) is 3.27. The molecular weight excluding hydrogens is 363 g/mol. The van der Waals surface area contributed by atoms with Gasteiger partial charge < -0.3 is 15.1 Å². The summed E-state index contributed by atoms with van der Waals surface area (Å²) in [5.41, 5.74) is 1.35. The van der Waals surface area contributed by atoms with Crippen LogP contribution in [0.4, 0.5) is 9.18 Å². The van der Waals surface area contributed by atoms with Crippen LogP contribution in [0.3, 0.4) is 0 Å². The molecule has 0 spiro atoms. The SMILES string of the molecule is CN(C)C(=O)c1cn(C[C@@H]2C[C@H](F)CN2C(=O)NCCc2ccccc2)nn1. The minimum atomic E-state index is -1.07. The Morgan fingerprint density at radius 2 is 2.04 bits per heavy atom. The molecule has 1 aliphatic heterocycles. The van der Waals surface area contributed by atoms with Gasteiger partial charge in [-0.25, -0.2) is 13.9 Å². The van der Waals surface area contributed by atoms with Crippen LogP contribution < -0.4 is 5.32 Å². The van der Waals surface area contributed by atoms with E-state index < -0.39 is 6.17 Å². The predicted molar refractivity (Wildman–Crippen MR) is 102 cm³/mol. The number of rotatable bonds is 6. The number of carbonyl (C=O) groups excluding carboxylic acids is 2. The van der Waals surface area contributed by atoms with E-state index in [4.69, 9.17) is 0 Å². The van der Waals surface area contributed by atoms with Gasteiger partial charge in [-0.3, -0.25) is 4.79 Å². The maximum Gasteiger partial charge on any atom is 0.317 e. The first-order chi connectivity index (χ1) is 13.4. The van der Waals surface area contributed by atoms with Crippen molar-refractivity contribution < 1.29 is 14.0 Å². The molecule has 0 aliphatic carbocycles. The Morgan fingerprint density at radius 3 is 2.75 bits per heavy atom. The quantitative estimate of drug-likeness (QED) is 0.810. The lowest BCUT2D eigenvalue weighted by Crippen LogP contribution is -2.45. The Hall–Kier alpha value is -2.97. The van der Waals surface area contributed by atoms with Crippen LogP contribution in [-0.2, 0) is 13.0 Å². The van der Waals surface area contributed by atoms with Crippen molar-refractivity contribution in [1.82, 2.24) is 30.1 Å². The van der Waals surface area contributed by atoms with Crippen LogP contribution >= 0.6 is 0 Å². The monoisotopic (exact) mass is 388 g/mol. The largest absolute Gasteiger partial charge is 0.343 e. The van der Waals surface area contributed by atoms with E-state index in [1.165, 1.54) is 20.7 Å². The molecule has 8 nitrogen and oxygen atoms in total. The van der Waals surface area contributed by atoms with Crippen LogP contribution in [0, 0.1) is 0 Å². The molecule has 0 unspecified atom stereocenters. The van der Waals surface area contributed by atoms with Crippen molar-refractivity contribution in [3.8, 4) is 0 Å². The van der Waals surface area contributed by atoms with E-state index in [9.17, 15) is 14.0 Å². The average Bonchev–Trinajstić information content (AvgIpc) is 3.28. The fraction of sp³-hybridized carbons (Fsp3) is 0.474. The predicted octanol–water partition coefficient (Wildman–Crippen LogP) is 1.34. The van der Waals surface area contributed by atoms with Gasteiger partial charge in [0.2, 0.25) is 0 Å². The fourth-order valence-electron chi connectivity index (χ4n) is 3.27. The zero-order valence-corrected chi connectivity index (χ0v) is 16.1. The minimum absolute atomic E-state index is 0.0556. The second kappa shape index (κ2) is 8.81. The highest BCUT2D eigenvalue weighted by Crippen LogP contribution is 2.22. The summed E-state index contributed by atoms with van der Waals surface area (Å²) in [6.45, 7) is 0.827. The molecule has 0 bridgehead atoms. The maximum absolute atomic E-state index is 14.0. The third kappa shape index (κ3) is 4.85. The average molecular weight is 388 g/mol. The highest BCUT2D eigenvalue weighted by Gasteiger charge is 2.35. The zero-order chi connectivity index (χ0) is 20.1. The second-order valence-corrected chi connectivity index (χ2v) is 7.13. The number of benzene rings is 1. The van der Waals surface area contributed by atoms with Crippen LogP contribution in [0.2, 0.25) is 0 Å². The first-order valence-corrected chi connectivity index (χ1v) is 9.28. The summed E-state index contributed by atoms with van der Waals surface area (Å²) in [4.78, 5) is 27.4. The molecule has 3 rings (SSSR count). The standard InChI is InChI=1S/C19H25FN6O2/c1-24(2)18(27)17-13-25(23-22-17)12-16-10-15(20)11-26(16)19(28)21-9-8-14-6-4-3-5-7-14/h3-7,13,15-16H,8-12H2,1-2H3,(H,21,28)/t15-,16-/m0/s1. The lowest BCUT2D eigenvalue weighted by atomic mass is 10.1. The Morgan fingerprint density at radius 1 is 1.29 bits per heavy atom. The molecule has 0 saturated carbocycles. The first-order valence-electron chi connectivity index (χ1n) is 9.28. The van der Waals surface area contributed by atoms with Gasteiger partial charge in [0, 0.05) is 27.1 Å². The minimum Gasteiger partial charge on any atom is -0.343 e. The summed E-state index contributed by atoms with van der Waals surface area (Å²) >= 11 is 0. The summed E-state index contributed by atoms with van der Waals surface area (Å²) in [5, 5.41) is 10.7. The lowest BCUT2D eigenvalue weighted by Gasteiger charge is -2.24. The van der Waals surface area contributed by atoms with E-state index >= 15 is 0 Å². The van der Waals surface area contributed by atoms with Crippen LogP contribution in [-0.4, -0.2) is 76.1 Å². The molecule has 1 aromatic heterocycles. The number of nitrogens with zero attached hydrogens (tertiary/aromatic N) is 5. The van der Waals surface area contributed by atoms with Crippen molar-refractivity contribution in [2.45, 2.75) is 31.6 Å². The van der Waals surface area contributed by atoms with Gasteiger partial charge in [0.25, 0.3) is 5.91 Å². The lowest BCUT2D eigenvalue weighted by molar-refractivity contribution is 0.0821. The van der Waals surface area contributed by atoms with E-state index in [0.717, 1.165) is 5.56 Å². The van der Waals surface area contributed by atoms with Crippen molar-refractivity contribution in [1.29, 1.82) is 0 Å². The summed E-state index contributed by atoms with van der Waals surface area (Å²) in [5.74, 6) is -0.253. The number of nitrogens with one attached hydrogen (secondary N) is 1. The highest BCUT2D eigenvalue weighted by molar-refractivity contribution is 5.91. The van der Waals surface area contributed by atoms with Gasteiger partial charge in [-0.15, -0.1) is 5.10 Å². The molecule has 1 fully saturated rings. The molecule has 1 aliphatic rings. The van der Waals surface area contributed by atoms with Gasteiger partial charge in [-0.05, 0) is 12.0 Å². The van der Waals surface area contributed by atoms with Gasteiger partial charge in [0.15, 0.2) is 5.69 Å². The summed E-state index contributed by atoms with van der Waals surface area (Å²) < 4.78 is 15.5. The summed E-state index contributed by atoms with van der Waals surface area (Å²) in [7, 11) is 3.26. The topological polar surface area (TPSA) is 83.4 Å². The molecule has 2 aromatic rings. The van der Waals surface area contributed by atoms with Crippen LogP contribution in [0.25, 0.3) is 0 Å². The van der Waals surface area contributed by atoms with E-state index in [1.54, 1.807) is 14.1 Å². The highest BCUT2D eigenvalue weighted by atomic mass is 19.1. The zero-order valence-electron chi connectivity index (χ0n) is 16.1. The van der Waals surface area contributed by atoms with E-state index in [2.05, 4.69) is 15.6 Å². The van der Waals surface area contributed by atoms with Crippen molar-refractivity contribution in [3.05, 3.63) is 47.8 Å². The van der Waals surface area contributed by atoms with Gasteiger partial charge in [0.1, 0.15) is 6.17 Å². The smallest absolute Gasteiger partial charge is 0.317 e. The van der Waals surface area contributed by atoms with Crippen molar-refractivity contribution >= 4 is 11.9 Å². The Balaban J connectivity index is 1.56. The molecule has 1 N–H and O–H groups in total. The molecule has 1 saturated heterocycles. The molecule has 28 heavy (non-hydrogen) atoms. The van der Waals surface area contributed by atoms with Gasteiger partial charge in [-0.1, -0.05) is 35.5 Å². The Labute approximate surface area is 163 Å². The second-order valence-electron chi connectivity index (χ2n) is 7.13. The third-order valence-corrected chi connectivity index (χ3v) is 4.72. The Kier molecular flexibility index (Phi) is 6.23. The van der Waals surface area contributed by atoms with Gasteiger partial charge in [-0.2, -0.15) is 0 Å². The normalized spacial score (nSPS) is 18.9. The number of halogens is 1. The molecule has 2 heterocycles. The summed E-state index contributed by atoms with van der Waals surface area (Å²) in [6, 6.07) is 9.23. The Bertz CT molecular complexity index is 810. The molecule has 0 radical (unpaired) electrons.